The van der Waals surface area contributed by atoms with E-state index in [-0.39, 0.29) is 58.8 Å². The topological polar surface area (TPSA) is 93.1 Å². The zero-order valence-electron chi connectivity index (χ0n) is 29.9. The summed E-state index contributed by atoms with van der Waals surface area (Å²) in [5.41, 5.74) is 3.85. The van der Waals surface area contributed by atoms with Crippen LogP contribution in [0.1, 0.15) is 137 Å². The van der Waals surface area contributed by atoms with Gasteiger partial charge < -0.3 is 14.7 Å². The van der Waals surface area contributed by atoms with E-state index in [9.17, 15) is 19.6 Å². The van der Waals surface area contributed by atoms with Crippen LogP contribution in [0.15, 0.2) is 24.3 Å². The molecule has 0 aliphatic rings. The van der Waals surface area contributed by atoms with E-state index < -0.39 is 13.7 Å². The Morgan fingerprint density at radius 2 is 1.07 bits per heavy atom. The molecule has 248 valence electrons. The van der Waals surface area contributed by atoms with Gasteiger partial charge in [-0.2, -0.15) is 0 Å². The molecule has 0 amide bonds. The Bertz CT molecular complexity index is 1290. The van der Waals surface area contributed by atoms with Crippen molar-refractivity contribution in [2.75, 3.05) is 12.8 Å². The molecule has 2 unspecified atom stereocenters. The summed E-state index contributed by atoms with van der Waals surface area (Å²) in [6.07, 6.45) is 0.000841. The third-order valence-corrected chi connectivity index (χ3v) is 10.0. The van der Waals surface area contributed by atoms with Gasteiger partial charge in [-0.3, -0.25) is 13.9 Å². The van der Waals surface area contributed by atoms with E-state index >= 15 is 0 Å². The van der Waals surface area contributed by atoms with Gasteiger partial charge in [-0.15, -0.1) is 0 Å². The van der Waals surface area contributed by atoms with Gasteiger partial charge in [0.25, 0.3) is 0 Å². The van der Waals surface area contributed by atoms with Gasteiger partial charge >= 0.3 is 7.60 Å². The van der Waals surface area contributed by atoms with Gasteiger partial charge in [-0.25, -0.2) is 0 Å². The highest BCUT2D eigenvalue weighted by Crippen LogP contribution is 2.50. The van der Waals surface area contributed by atoms with Gasteiger partial charge in [0.2, 0.25) is 0 Å². The highest BCUT2D eigenvalue weighted by Gasteiger charge is 2.33. The number of aromatic hydroxyl groups is 2. The van der Waals surface area contributed by atoms with Gasteiger partial charge in [-0.1, -0.05) is 114 Å². The predicted octanol–water partition coefficient (Wildman–Crippen LogP) is 9.67. The fourth-order valence-electron chi connectivity index (χ4n) is 5.38. The Labute approximate surface area is 267 Å². The maximum atomic E-state index is 14.0. The van der Waals surface area contributed by atoms with Gasteiger partial charge in [0.15, 0.2) is 5.78 Å². The number of ketones is 1. The number of phenolic OH excluding ortho intramolecular Hbond substituents is 2. The SMILES string of the molecule is CCOP(=O)(CC)OC(Cc1cc(C(C)(C)C)c(O)c(C(C)(C)C)c1)C(=O)CCc1cc(C(C)(C)C)c(O)c(C(C)(C)C)c1. The molecule has 2 rings (SSSR count). The molecule has 2 aromatic rings. The molecule has 0 aliphatic carbocycles. The van der Waals surface area contributed by atoms with Crippen LogP contribution in [-0.4, -0.2) is 34.9 Å². The van der Waals surface area contributed by atoms with E-state index in [1.54, 1.807) is 13.8 Å². The summed E-state index contributed by atoms with van der Waals surface area (Å²) in [5, 5.41) is 22.4. The predicted molar refractivity (Wildman–Crippen MR) is 183 cm³/mol. The van der Waals surface area contributed by atoms with Crippen LogP contribution < -0.4 is 0 Å². The third-order valence-electron chi connectivity index (χ3n) is 8.01. The van der Waals surface area contributed by atoms with Gasteiger partial charge in [0.1, 0.15) is 17.6 Å². The van der Waals surface area contributed by atoms with Crippen molar-refractivity contribution < 1.29 is 28.6 Å². The smallest absolute Gasteiger partial charge is 0.331 e. The highest BCUT2D eigenvalue weighted by atomic mass is 31.2. The lowest BCUT2D eigenvalue weighted by atomic mass is 9.77. The minimum atomic E-state index is -3.51. The number of carbonyl (C=O) groups excluding carboxylic acids is 1. The van der Waals surface area contributed by atoms with Crippen molar-refractivity contribution in [2.45, 2.75) is 144 Å². The molecule has 7 heteroatoms. The van der Waals surface area contributed by atoms with Crippen LogP contribution in [0.3, 0.4) is 0 Å². The quantitative estimate of drug-likeness (QED) is 0.240. The fourth-order valence-corrected chi connectivity index (χ4v) is 6.74. The third kappa shape index (κ3) is 9.68. The molecule has 0 saturated carbocycles. The summed E-state index contributed by atoms with van der Waals surface area (Å²) in [6, 6.07) is 7.87. The van der Waals surface area contributed by atoms with Gasteiger partial charge in [0, 0.05) is 19.0 Å². The Morgan fingerprint density at radius 3 is 1.39 bits per heavy atom. The van der Waals surface area contributed by atoms with Crippen molar-refractivity contribution >= 4 is 13.4 Å². The maximum Gasteiger partial charge on any atom is 0.331 e. The Kier molecular flexibility index (Phi) is 11.8. The van der Waals surface area contributed by atoms with E-state index in [1.807, 2.05) is 65.8 Å². The molecule has 0 heterocycles. The molecule has 0 radical (unpaired) electrons. The number of Topliss-reactive ketones (excluding diaryl/α,β-unsaturated/α-hetero) is 1. The zero-order chi connectivity index (χ0) is 34.1. The summed E-state index contributed by atoms with van der Waals surface area (Å²) in [7, 11) is -3.51. The number of carbonyl (C=O) groups is 1. The summed E-state index contributed by atoms with van der Waals surface area (Å²) in [5.74, 6) is 0.407. The van der Waals surface area contributed by atoms with Crippen molar-refractivity contribution in [3.63, 3.8) is 0 Å². The lowest BCUT2D eigenvalue weighted by molar-refractivity contribution is -0.126. The molecule has 2 N–H and O–H groups in total. The number of hydrogen-bond acceptors (Lipinski definition) is 6. The fraction of sp³-hybridized carbons (Fsp3) is 0.649. The molecule has 6 nitrogen and oxygen atoms in total. The van der Waals surface area contributed by atoms with Crippen molar-refractivity contribution in [2.24, 2.45) is 0 Å². The van der Waals surface area contributed by atoms with E-state index in [1.165, 1.54) is 0 Å². The molecule has 2 aromatic carbocycles. The highest BCUT2D eigenvalue weighted by molar-refractivity contribution is 7.53. The molecule has 0 aliphatic heterocycles. The Morgan fingerprint density at radius 1 is 0.705 bits per heavy atom. The summed E-state index contributed by atoms with van der Waals surface area (Å²) < 4.78 is 25.2. The van der Waals surface area contributed by atoms with E-state index in [0.29, 0.717) is 12.2 Å². The molecule has 0 spiro atoms. The number of rotatable bonds is 11. The molecule has 44 heavy (non-hydrogen) atoms. The van der Waals surface area contributed by atoms with Crippen LogP contribution in [0, 0.1) is 0 Å². The number of hydrogen-bond donors (Lipinski definition) is 2. The van der Waals surface area contributed by atoms with Crippen molar-refractivity contribution in [3.05, 3.63) is 57.6 Å². The van der Waals surface area contributed by atoms with Gasteiger partial charge in [0.05, 0.1) is 6.61 Å². The average Bonchev–Trinajstić information content (AvgIpc) is 2.85. The second-order valence-corrected chi connectivity index (χ2v) is 18.5. The van der Waals surface area contributed by atoms with E-state index in [4.69, 9.17) is 9.05 Å². The molecule has 0 bridgehead atoms. The van der Waals surface area contributed by atoms with E-state index in [2.05, 4.69) is 41.5 Å². The first kappa shape index (κ1) is 38.0. The first-order valence-corrected chi connectivity index (χ1v) is 17.7. The monoisotopic (exact) mass is 630 g/mol. The van der Waals surface area contributed by atoms with Crippen LogP contribution in [0.4, 0.5) is 0 Å². The number of aryl methyl sites for hydroxylation is 1. The minimum Gasteiger partial charge on any atom is -0.507 e. The second kappa shape index (κ2) is 13.7. The number of phenols is 2. The van der Waals surface area contributed by atoms with Gasteiger partial charge in [-0.05, 0) is 68.4 Å². The molecule has 0 fully saturated rings. The molecular weight excluding hydrogens is 571 g/mol. The van der Waals surface area contributed by atoms with Crippen molar-refractivity contribution in [3.8, 4) is 11.5 Å². The summed E-state index contributed by atoms with van der Waals surface area (Å²) >= 11 is 0. The lowest BCUT2D eigenvalue weighted by Crippen LogP contribution is -2.28. The number of benzene rings is 2. The molecular formula is C37H59O6P. The van der Waals surface area contributed by atoms with Crippen LogP contribution in [-0.2, 0) is 52.9 Å². The molecule has 0 aromatic heterocycles. The lowest BCUT2D eigenvalue weighted by Gasteiger charge is -2.29. The Hall–Kier alpha value is -2.14. The van der Waals surface area contributed by atoms with Crippen LogP contribution >= 0.6 is 7.60 Å². The summed E-state index contributed by atoms with van der Waals surface area (Å²) in [6.45, 7) is 28.4. The maximum absolute atomic E-state index is 14.0. The summed E-state index contributed by atoms with van der Waals surface area (Å²) in [4.78, 5) is 14.0. The van der Waals surface area contributed by atoms with Crippen LogP contribution in [0.25, 0.3) is 0 Å². The first-order chi connectivity index (χ1) is 19.8. The first-order valence-electron chi connectivity index (χ1n) is 16.0. The molecule has 2 atom stereocenters. The van der Waals surface area contributed by atoms with Crippen molar-refractivity contribution in [1.82, 2.24) is 0 Å². The van der Waals surface area contributed by atoms with Crippen LogP contribution in [0.5, 0.6) is 11.5 Å². The average molecular weight is 631 g/mol. The normalized spacial score (nSPS) is 15.2. The van der Waals surface area contributed by atoms with E-state index in [0.717, 1.165) is 33.4 Å². The largest absolute Gasteiger partial charge is 0.507 e. The Balaban J connectivity index is 2.58. The van der Waals surface area contributed by atoms with Crippen LogP contribution in [0.2, 0.25) is 0 Å². The zero-order valence-corrected chi connectivity index (χ0v) is 30.8. The minimum absolute atomic E-state index is 0.155. The van der Waals surface area contributed by atoms with Crippen molar-refractivity contribution in [1.29, 1.82) is 0 Å². The second-order valence-electron chi connectivity index (χ2n) is 16.2. The standard InChI is InChI=1S/C37H59O6P/c1-15-42-44(41,16-2)43-31(23-25-21-28(36(9,10)11)33(40)29(22-25)37(12,13)14)30(38)18-17-24-19-26(34(3,4)5)32(39)27(20-24)35(6,7)8/h19-22,31,39-40H,15-18,23H2,1-14H3. The molecule has 0 saturated heterocycles.